The third kappa shape index (κ3) is 4.96. The van der Waals surface area contributed by atoms with Gasteiger partial charge >= 0.3 is 12.2 Å². The first kappa shape index (κ1) is 25.4. The highest BCUT2D eigenvalue weighted by atomic mass is 19.4. The fourth-order valence-electron chi connectivity index (χ4n) is 4.58. The Balaban J connectivity index is 1.34. The number of hydrogen-bond donors (Lipinski definition) is 1. The molecule has 0 spiro atoms. The number of nitrogens with zero attached hydrogens (tertiary/aromatic N) is 4. The maximum absolute atomic E-state index is 14.2. The molecule has 0 aliphatic carbocycles. The topological polar surface area (TPSA) is 61.4 Å². The predicted octanol–water partition coefficient (Wildman–Crippen LogP) is 6.34. The zero-order valence-electron chi connectivity index (χ0n) is 20.1. The predicted molar refractivity (Wildman–Crippen MR) is 134 cm³/mol. The third-order valence-electron chi connectivity index (χ3n) is 6.51. The molecule has 5 rings (SSSR count). The van der Waals surface area contributed by atoms with Crippen molar-refractivity contribution in [1.82, 2.24) is 15.1 Å². The van der Waals surface area contributed by atoms with Crippen molar-refractivity contribution in [3.63, 3.8) is 0 Å². The number of rotatable bonds is 3. The van der Waals surface area contributed by atoms with Gasteiger partial charge in [-0.3, -0.25) is 0 Å². The monoisotopic (exact) mass is 527 g/mol. The number of amides is 2. The summed E-state index contributed by atoms with van der Waals surface area (Å²) in [6, 6.07) is 14.7. The summed E-state index contributed by atoms with van der Waals surface area (Å²) < 4.78 is 66.1. The lowest BCUT2D eigenvalue weighted by molar-refractivity contribution is -0.137. The molecule has 6 nitrogen and oxygen atoms in total. The number of aromatic nitrogens is 2. The fraction of sp³-hybridized carbons (Fsp3) is 0.222. The summed E-state index contributed by atoms with van der Waals surface area (Å²) in [7, 11) is 0. The summed E-state index contributed by atoms with van der Waals surface area (Å²) in [5, 5.41) is 12.9. The SMILES string of the molecule is C[C@H]1CN(c2nnc(-c3ccc(F)cc3)c3ccccc23)CCN1C(=O)Nc1ccc(C(F)(F)F)cc1F. The van der Waals surface area contributed by atoms with Gasteiger partial charge in [0.15, 0.2) is 5.82 Å². The molecule has 2 heterocycles. The van der Waals surface area contributed by atoms with Crippen LogP contribution in [0.4, 0.5) is 38.3 Å². The van der Waals surface area contributed by atoms with E-state index in [-0.39, 0.29) is 24.1 Å². The van der Waals surface area contributed by atoms with Gasteiger partial charge in [0.25, 0.3) is 0 Å². The summed E-state index contributed by atoms with van der Waals surface area (Å²) in [6.45, 7) is 2.89. The van der Waals surface area contributed by atoms with Crippen LogP contribution in [0, 0.1) is 11.6 Å². The van der Waals surface area contributed by atoms with Gasteiger partial charge in [-0.2, -0.15) is 13.2 Å². The number of benzene rings is 3. The second kappa shape index (κ2) is 9.88. The fourth-order valence-corrected chi connectivity index (χ4v) is 4.58. The van der Waals surface area contributed by atoms with Crippen LogP contribution in [0.2, 0.25) is 0 Å². The van der Waals surface area contributed by atoms with Crippen molar-refractivity contribution in [3.8, 4) is 11.3 Å². The third-order valence-corrected chi connectivity index (χ3v) is 6.51. The largest absolute Gasteiger partial charge is 0.416 e. The van der Waals surface area contributed by atoms with Crippen molar-refractivity contribution in [3.05, 3.63) is 83.9 Å². The second-order valence-electron chi connectivity index (χ2n) is 9.04. The number of carbonyl (C=O) groups is 1. The zero-order valence-corrected chi connectivity index (χ0v) is 20.1. The van der Waals surface area contributed by atoms with Gasteiger partial charge in [-0.25, -0.2) is 13.6 Å². The van der Waals surface area contributed by atoms with Crippen LogP contribution in [0.5, 0.6) is 0 Å². The highest BCUT2D eigenvalue weighted by Gasteiger charge is 2.32. The Bertz CT molecular complexity index is 1490. The number of piperazine rings is 1. The molecule has 196 valence electrons. The number of hydrogen-bond acceptors (Lipinski definition) is 4. The Labute approximate surface area is 214 Å². The maximum Gasteiger partial charge on any atom is 0.416 e. The van der Waals surface area contributed by atoms with Crippen LogP contribution in [0.3, 0.4) is 0 Å². The number of halogens is 5. The molecule has 1 aromatic heterocycles. The molecule has 11 heteroatoms. The van der Waals surface area contributed by atoms with Crippen molar-refractivity contribution in [2.24, 2.45) is 0 Å². The van der Waals surface area contributed by atoms with Gasteiger partial charge in [0.2, 0.25) is 0 Å². The van der Waals surface area contributed by atoms with Crippen molar-refractivity contribution in [1.29, 1.82) is 0 Å². The first-order valence-electron chi connectivity index (χ1n) is 11.8. The molecule has 1 atom stereocenters. The highest BCUT2D eigenvalue weighted by molar-refractivity contribution is 6.00. The van der Waals surface area contributed by atoms with Gasteiger partial charge in [0, 0.05) is 42.0 Å². The Morgan fingerprint density at radius 1 is 0.947 bits per heavy atom. The molecular weight excluding hydrogens is 505 g/mol. The molecule has 0 unspecified atom stereocenters. The first-order valence-corrected chi connectivity index (χ1v) is 11.8. The highest BCUT2D eigenvalue weighted by Crippen LogP contribution is 2.33. The van der Waals surface area contributed by atoms with Crippen molar-refractivity contribution in [2.75, 3.05) is 29.9 Å². The summed E-state index contributed by atoms with van der Waals surface area (Å²) in [6.07, 6.45) is -4.68. The normalized spacial score (nSPS) is 16.1. The van der Waals surface area contributed by atoms with Crippen molar-refractivity contribution < 1.29 is 26.7 Å². The molecule has 4 aromatic rings. The first-order chi connectivity index (χ1) is 18.1. The van der Waals surface area contributed by atoms with Crippen LogP contribution < -0.4 is 10.2 Å². The minimum absolute atomic E-state index is 0.269. The van der Waals surface area contributed by atoms with E-state index in [0.29, 0.717) is 30.7 Å². The van der Waals surface area contributed by atoms with Crippen LogP contribution in [0.15, 0.2) is 66.7 Å². The minimum Gasteiger partial charge on any atom is -0.351 e. The molecule has 1 fully saturated rings. The van der Waals surface area contributed by atoms with E-state index in [9.17, 15) is 26.7 Å². The molecule has 3 aromatic carbocycles. The van der Waals surface area contributed by atoms with Crippen molar-refractivity contribution in [2.45, 2.75) is 19.1 Å². The maximum atomic E-state index is 14.2. The number of alkyl halides is 3. The van der Waals surface area contributed by atoms with E-state index in [0.717, 1.165) is 28.5 Å². The van der Waals surface area contributed by atoms with E-state index >= 15 is 0 Å². The van der Waals surface area contributed by atoms with Crippen LogP contribution in [-0.4, -0.2) is 46.8 Å². The molecule has 1 N–H and O–H groups in total. The number of anilines is 2. The Kier molecular flexibility index (Phi) is 6.60. The van der Waals surface area contributed by atoms with E-state index in [1.807, 2.05) is 36.1 Å². The Morgan fingerprint density at radius 3 is 2.32 bits per heavy atom. The second-order valence-corrected chi connectivity index (χ2v) is 9.04. The molecule has 0 radical (unpaired) electrons. The van der Waals surface area contributed by atoms with Gasteiger partial charge in [-0.05, 0) is 49.4 Å². The van der Waals surface area contributed by atoms with E-state index < -0.39 is 23.6 Å². The van der Waals surface area contributed by atoms with E-state index in [1.54, 1.807) is 12.1 Å². The van der Waals surface area contributed by atoms with E-state index in [1.165, 1.54) is 17.0 Å². The minimum atomic E-state index is -4.68. The van der Waals surface area contributed by atoms with E-state index in [4.69, 9.17) is 0 Å². The van der Waals surface area contributed by atoms with Crippen LogP contribution in [-0.2, 0) is 6.18 Å². The molecular formula is C27H22F5N5O. The summed E-state index contributed by atoms with van der Waals surface area (Å²) in [5.74, 6) is -0.880. The molecule has 1 aliphatic rings. The quantitative estimate of drug-likeness (QED) is 0.316. The number of nitrogens with one attached hydrogen (secondary N) is 1. The molecule has 0 saturated carbocycles. The zero-order chi connectivity index (χ0) is 27.0. The number of fused-ring (bicyclic) bond motifs is 1. The van der Waals surface area contributed by atoms with Gasteiger partial charge in [-0.15, -0.1) is 10.2 Å². The molecule has 0 bridgehead atoms. The van der Waals surface area contributed by atoms with Crippen molar-refractivity contribution >= 4 is 28.3 Å². The lowest BCUT2D eigenvalue weighted by Gasteiger charge is -2.40. The number of urea groups is 1. The average Bonchev–Trinajstić information content (AvgIpc) is 2.89. The summed E-state index contributed by atoms with van der Waals surface area (Å²) in [4.78, 5) is 16.3. The lowest BCUT2D eigenvalue weighted by atomic mass is 10.0. The van der Waals surface area contributed by atoms with E-state index in [2.05, 4.69) is 15.5 Å². The summed E-state index contributed by atoms with van der Waals surface area (Å²) in [5.41, 5.74) is -0.111. The van der Waals surface area contributed by atoms with Gasteiger partial charge in [0.1, 0.15) is 17.3 Å². The van der Waals surface area contributed by atoms with Crippen LogP contribution in [0.25, 0.3) is 22.0 Å². The van der Waals surface area contributed by atoms with Gasteiger partial charge < -0.3 is 15.1 Å². The van der Waals surface area contributed by atoms with Crippen LogP contribution in [0.1, 0.15) is 12.5 Å². The standard InChI is InChI=1S/C27H22F5N5O/c1-16-15-36(12-13-37(16)26(38)33-23-11-8-18(14-22(23)29)27(30,31)32)25-21-5-3-2-4-20(21)24(34-35-25)17-6-9-19(28)10-7-17/h2-11,14,16H,12-13,15H2,1H3,(H,33,38)/t16-/m0/s1. The number of carbonyl (C=O) groups excluding carboxylic acids is 1. The molecule has 38 heavy (non-hydrogen) atoms. The Morgan fingerprint density at radius 2 is 1.66 bits per heavy atom. The van der Waals surface area contributed by atoms with Gasteiger partial charge in [-0.1, -0.05) is 24.3 Å². The smallest absolute Gasteiger partial charge is 0.351 e. The summed E-state index contributed by atoms with van der Waals surface area (Å²) >= 11 is 0. The molecule has 1 saturated heterocycles. The van der Waals surface area contributed by atoms with Crippen LogP contribution >= 0.6 is 0 Å². The molecule has 1 aliphatic heterocycles. The lowest BCUT2D eigenvalue weighted by Crippen LogP contribution is -2.55. The van der Waals surface area contributed by atoms with Gasteiger partial charge in [0.05, 0.1) is 11.3 Å². The Hall–Kier alpha value is -4.28. The molecule has 2 amide bonds. The average molecular weight is 527 g/mol.